The van der Waals surface area contributed by atoms with Gasteiger partial charge >= 0.3 is 7.82 Å². The largest absolute Gasteiger partial charge is 0.524 e. The molecule has 0 aliphatic heterocycles. The Morgan fingerprint density at radius 1 is 1.08 bits per heavy atom. The summed E-state index contributed by atoms with van der Waals surface area (Å²) in [7, 11) is -4.63. The Labute approximate surface area is 137 Å². The van der Waals surface area contributed by atoms with E-state index in [9.17, 15) is 14.2 Å². The SMILES string of the molecule is NC(=O)c1cccc(CNC(=O)c2ccc(OP(=O)(O)O)cc2)c1. The van der Waals surface area contributed by atoms with Crippen molar-refractivity contribution in [1.82, 2.24) is 5.32 Å². The van der Waals surface area contributed by atoms with Gasteiger partial charge in [-0.2, -0.15) is 0 Å². The summed E-state index contributed by atoms with van der Waals surface area (Å²) in [5, 5.41) is 2.66. The molecule has 0 heterocycles. The first-order chi connectivity index (χ1) is 11.2. The van der Waals surface area contributed by atoms with Crippen molar-refractivity contribution in [3.8, 4) is 5.75 Å². The van der Waals surface area contributed by atoms with Gasteiger partial charge in [0.2, 0.25) is 5.91 Å². The highest BCUT2D eigenvalue weighted by molar-refractivity contribution is 7.46. The fourth-order valence-electron chi connectivity index (χ4n) is 1.92. The third-order valence-corrected chi connectivity index (χ3v) is 3.45. The number of rotatable bonds is 6. The first-order valence-electron chi connectivity index (χ1n) is 6.77. The molecule has 0 unspecified atom stereocenters. The van der Waals surface area contributed by atoms with Crippen molar-refractivity contribution in [2.24, 2.45) is 5.73 Å². The number of benzene rings is 2. The van der Waals surface area contributed by atoms with E-state index in [-0.39, 0.29) is 18.2 Å². The van der Waals surface area contributed by atoms with Crippen LogP contribution in [0.15, 0.2) is 48.5 Å². The van der Waals surface area contributed by atoms with Crippen LogP contribution in [-0.4, -0.2) is 21.6 Å². The van der Waals surface area contributed by atoms with Crippen LogP contribution in [0.1, 0.15) is 26.3 Å². The summed E-state index contributed by atoms with van der Waals surface area (Å²) in [5.41, 5.74) is 6.54. The molecule has 0 radical (unpaired) electrons. The number of carbonyl (C=O) groups excluding carboxylic acids is 2. The molecule has 126 valence electrons. The summed E-state index contributed by atoms with van der Waals surface area (Å²) in [6, 6.07) is 11.9. The number of amides is 2. The van der Waals surface area contributed by atoms with E-state index in [1.54, 1.807) is 24.3 Å². The number of nitrogens with two attached hydrogens (primary N) is 1. The first-order valence-corrected chi connectivity index (χ1v) is 8.30. The Morgan fingerprint density at radius 3 is 2.33 bits per heavy atom. The summed E-state index contributed by atoms with van der Waals surface area (Å²) in [5.74, 6) is -0.986. The quantitative estimate of drug-likeness (QED) is 0.577. The van der Waals surface area contributed by atoms with E-state index >= 15 is 0 Å². The summed E-state index contributed by atoms with van der Waals surface area (Å²) >= 11 is 0. The van der Waals surface area contributed by atoms with E-state index in [2.05, 4.69) is 9.84 Å². The molecule has 0 aliphatic carbocycles. The van der Waals surface area contributed by atoms with Crippen molar-refractivity contribution < 1.29 is 28.5 Å². The fourth-order valence-corrected chi connectivity index (χ4v) is 2.32. The predicted molar refractivity (Wildman–Crippen MR) is 85.2 cm³/mol. The summed E-state index contributed by atoms with van der Waals surface area (Å²) in [6.45, 7) is 0.195. The molecule has 8 nitrogen and oxygen atoms in total. The highest BCUT2D eigenvalue weighted by atomic mass is 31.2. The van der Waals surface area contributed by atoms with Crippen LogP contribution in [0, 0.1) is 0 Å². The Kier molecular flexibility index (Phi) is 5.35. The molecule has 5 N–H and O–H groups in total. The molecule has 2 aromatic carbocycles. The number of primary amides is 1. The zero-order valence-electron chi connectivity index (χ0n) is 12.4. The molecule has 9 heteroatoms. The lowest BCUT2D eigenvalue weighted by Crippen LogP contribution is -2.23. The molecule has 0 atom stereocenters. The number of carbonyl (C=O) groups is 2. The van der Waals surface area contributed by atoms with Crippen molar-refractivity contribution in [1.29, 1.82) is 0 Å². The van der Waals surface area contributed by atoms with Crippen LogP contribution in [0.4, 0.5) is 0 Å². The molecular weight excluding hydrogens is 335 g/mol. The highest BCUT2D eigenvalue weighted by Gasteiger charge is 2.16. The molecule has 2 aromatic rings. The summed E-state index contributed by atoms with van der Waals surface area (Å²) < 4.78 is 15.1. The molecule has 0 aliphatic rings. The molecular formula is C15H15N2O6P. The van der Waals surface area contributed by atoms with E-state index < -0.39 is 13.7 Å². The van der Waals surface area contributed by atoms with E-state index in [4.69, 9.17) is 15.5 Å². The van der Waals surface area contributed by atoms with Crippen molar-refractivity contribution in [3.63, 3.8) is 0 Å². The minimum Gasteiger partial charge on any atom is -0.404 e. The van der Waals surface area contributed by atoms with E-state index in [0.29, 0.717) is 16.7 Å². The molecule has 0 fully saturated rings. The molecule has 2 rings (SSSR count). The topological polar surface area (TPSA) is 139 Å². The summed E-state index contributed by atoms with van der Waals surface area (Å²) in [4.78, 5) is 40.5. The second-order valence-electron chi connectivity index (χ2n) is 4.85. The maximum atomic E-state index is 12.0. The minimum absolute atomic E-state index is 0.0472. The van der Waals surface area contributed by atoms with Crippen LogP contribution >= 0.6 is 7.82 Å². The lowest BCUT2D eigenvalue weighted by atomic mass is 10.1. The Morgan fingerprint density at radius 2 is 1.75 bits per heavy atom. The zero-order chi connectivity index (χ0) is 17.7. The third kappa shape index (κ3) is 5.20. The van der Waals surface area contributed by atoms with Crippen LogP contribution < -0.4 is 15.6 Å². The lowest BCUT2D eigenvalue weighted by molar-refractivity contribution is 0.0950. The fraction of sp³-hybridized carbons (Fsp3) is 0.0667. The second-order valence-corrected chi connectivity index (χ2v) is 6.02. The number of nitrogens with one attached hydrogen (secondary N) is 1. The van der Waals surface area contributed by atoms with E-state index in [0.717, 1.165) is 0 Å². The van der Waals surface area contributed by atoms with Gasteiger partial charge in [0.15, 0.2) is 0 Å². The molecule has 0 saturated heterocycles. The average molecular weight is 350 g/mol. The molecule has 0 spiro atoms. The van der Waals surface area contributed by atoms with E-state index in [1.165, 1.54) is 24.3 Å². The van der Waals surface area contributed by atoms with Crippen LogP contribution in [0.5, 0.6) is 5.75 Å². The summed E-state index contributed by atoms with van der Waals surface area (Å²) in [6.07, 6.45) is 0. The van der Waals surface area contributed by atoms with Gasteiger partial charge in [-0.1, -0.05) is 12.1 Å². The van der Waals surface area contributed by atoms with Gasteiger partial charge in [-0.05, 0) is 42.0 Å². The van der Waals surface area contributed by atoms with Gasteiger partial charge in [-0.3, -0.25) is 19.4 Å². The molecule has 2 amide bonds. The Balaban J connectivity index is 1.99. The van der Waals surface area contributed by atoms with Crippen molar-refractivity contribution in [2.75, 3.05) is 0 Å². The van der Waals surface area contributed by atoms with Crippen molar-refractivity contribution in [2.45, 2.75) is 6.54 Å². The number of hydrogen-bond acceptors (Lipinski definition) is 4. The molecule has 0 bridgehead atoms. The van der Waals surface area contributed by atoms with Crippen LogP contribution in [0.2, 0.25) is 0 Å². The van der Waals surface area contributed by atoms with Crippen molar-refractivity contribution in [3.05, 3.63) is 65.2 Å². The molecule has 24 heavy (non-hydrogen) atoms. The minimum atomic E-state index is -4.63. The van der Waals surface area contributed by atoms with Gasteiger partial charge in [0.25, 0.3) is 5.91 Å². The second kappa shape index (κ2) is 7.27. The van der Waals surface area contributed by atoms with Crippen LogP contribution in [0.3, 0.4) is 0 Å². The van der Waals surface area contributed by atoms with Gasteiger partial charge in [-0.25, -0.2) is 4.57 Å². The monoisotopic (exact) mass is 350 g/mol. The molecule has 0 saturated carbocycles. The smallest absolute Gasteiger partial charge is 0.404 e. The normalized spacial score (nSPS) is 10.9. The standard InChI is InChI=1S/C15H15N2O6P/c16-14(18)12-3-1-2-10(8-12)9-17-15(19)11-4-6-13(7-5-11)23-24(20,21)22/h1-8H,9H2,(H2,16,18)(H,17,19)(H2,20,21,22). The predicted octanol–water partition coefficient (Wildman–Crippen LogP) is 1.19. The molecule has 0 aromatic heterocycles. The third-order valence-electron chi connectivity index (χ3n) is 3.01. The number of hydrogen-bond donors (Lipinski definition) is 4. The average Bonchev–Trinajstić information content (AvgIpc) is 2.52. The highest BCUT2D eigenvalue weighted by Crippen LogP contribution is 2.37. The van der Waals surface area contributed by atoms with Gasteiger partial charge in [-0.15, -0.1) is 0 Å². The first kappa shape index (κ1) is 17.7. The number of phosphoric acid groups is 1. The maximum absolute atomic E-state index is 12.0. The maximum Gasteiger partial charge on any atom is 0.524 e. The van der Waals surface area contributed by atoms with Crippen LogP contribution in [0.25, 0.3) is 0 Å². The zero-order valence-corrected chi connectivity index (χ0v) is 13.3. The lowest BCUT2D eigenvalue weighted by Gasteiger charge is -2.08. The van der Waals surface area contributed by atoms with Gasteiger partial charge in [0.1, 0.15) is 5.75 Å². The number of phosphoric ester groups is 1. The van der Waals surface area contributed by atoms with Crippen molar-refractivity contribution >= 4 is 19.6 Å². The van der Waals surface area contributed by atoms with E-state index in [1.807, 2.05) is 0 Å². The van der Waals surface area contributed by atoms with Gasteiger partial charge in [0.05, 0.1) is 0 Å². The Hall–Kier alpha value is -2.67. The Bertz CT molecular complexity index is 800. The van der Waals surface area contributed by atoms with Crippen LogP contribution in [-0.2, 0) is 11.1 Å². The van der Waals surface area contributed by atoms with Gasteiger partial charge in [0, 0.05) is 17.7 Å². The van der Waals surface area contributed by atoms with Gasteiger partial charge < -0.3 is 15.6 Å².